The second-order valence-corrected chi connectivity index (χ2v) is 6.01. The molecule has 0 radical (unpaired) electrons. The van der Waals surface area contributed by atoms with Crippen LogP contribution in [0.15, 0.2) is 17.5 Å². The maximum Gasteiger partial charge on any atom is 0.361 e. The van der Waals surface area contributed by atoms with Gasteiger partial charge in [-0.05, 0) is 30.7 Å². The van der Waals surface area contributed by atoms with E-state index < -0.39 is 5.97 Å². The van der Waals surface area contributed by atoms with Crippen molar-refractivity contribution in [3.05, 3.63) is 23.2 Å². The van der Waals surface area contributed by atoms with E-state index in [1.165, 1.54) is 0 Å². The van der Waals surface area contributed by atoms with E-state index in [0.29, 0.717) is 18.2 Å². The third kappa shape index (κ3) is 3.69. The zero-order valence-electron chi connectivity index (χ0n) is 12.7. The lowest BCUT2D eigenvalue weighted by Gasteiger charge is -2.12. The molecule has 0 fully saturated rings. The molecule has 0 aliphatic carbocycles. The quantitative estimate of drug-likeness (QED) is 0.733. The molecular formula is C15H21N3O2S. The van der Waals surface area contributed by atoms with Crippen molar-refractivity contribution in [2.45, 2.75) is 40.2 Å². The van der Waals surface area contributed by atoms with Crippen molar-refractivity contribution in [1.29, 1.82) is 0 Å². The minimum Gasteiger partial charge on any atom is -0.461 e. The Morgan fingerprint density at radius 3 is 2.90 bits per heavy atom. The third-order valence-electron chi connectivity index (χ3n) is 3.22. The number of hydrogen-bond acceptors (Lipinski definition) is 5. The molecule has 114 valence electrons. The van der Waals surface area contributed by atoms with E-state index in [4.69, 9.17) is 4.74 Å². The highest BCUT2D eigenvalue weighted by molar-refractivity contribution is 7.13. The molecule has 2 aromatic heterocycles. The van der Waals surface area contributed by atoms with Crippen LogP contribution in [0.25, 0.3) is 10.6 Å². The predicted molar refractivity (Wildman–Crippen MR) is 83.4 cm³/mol. The van der Waals surface area contributed by atoms with Gasteiger partial charge in [-0.2, -0.15) is 0 Å². The number of ether oxygens (including phenoxy) is 1. The number of hydrogen-bond donors (Lipinski definition) is 0. The van der Waals surface area contributed by atoms with E-state index in [0.717, 1.165) is 30.0 Å². The topological polar surface area (TPSA) is 57.0 Å². The Bertz CT molecular complexity index is 578. The summed E-state index contributed by atoms with van der Waals surface area (Å²) in [6.07, 6.45) is 2.26. The number of nitrogens with zero attached hydrogens (tertiary/aromatic N) is 3. The van der Waals surface area contributed by atoms with E-state index in [-0.39, 0.29) is 0 Å². The minimum atomic E-state index is -0.407. The van der Waals surface area contributed by atoms with Gasteiger partial charge < -0.3 is 4.74 Å². The highest BCUT2D eigenvalue weighted by Crippen LogP contribution is 2.28. The molecule has 1 unspecified atom stereocenters. The van der Waals surface area contributed by atoms with E-state index in [1.54, 1.807) is 18.3 Å². The molecule has 5 nitrogen and oxygen atoms in total. The van der Waals surface area contributed by atoms with Crippen LogP contribution >= 0.6 is 11.3 Å². The zero-order valence-corrected chi connectivity index (χ0v) is 13.5. The van der Waals surface area contributed by atoms with Gasteiger partial charge >= 0.3 is 5.97 Å². The summed E-state index contributed by atoms with van der Waals surface area (Å²) in [5, 5.41) is 10.2. The summed E-state index contributed by atoms with van der Waals surface area (Å²) in [4.78, 5) is 13.0. The molecule has 2 aromatic rings. The summed E-state index contributed by atoms with van der Waals surface area (Å²) < 4.78 is 6.91. The molecule has 0 saturated carbocycles. The summed E-state index contributed by atoms with van der Waals surface area (Å²) in [6, 6.07) is 3.94. The Balaban J connectivity index is 2.35. The smallest absolute Gasteiger partial charge is 0.361 e. The van der Waals surface area contributed by atoms with Crippen LogP contribution in [-0.2, 0) is 11.3 Å². The Kier molecular flexibility index (Phi) is 5.50. The van der Waals surface area contributed by atoms with Gasteiger partial charge in [-0.1, -0.05) is 31.5 Å². The standard InChI is InChI=1S/C15H21N3O2S/c1-4-7-11(3)10-18-14(12-8-6-9-21-12)13(16-17-18)15(19)20-5-2/h6,8-9,11H,4-5,7,10H2,1-3H3. The molecule has 21 heavy (non-hydrogen) atoms. The molecule has 0 aliphatic rings. The van der Waals surface area contributed by atoms with Crippen molar-refractivity contribution < 1.29 is 9.53 Å². The average molecular weight is 307 g/mol. The van der Waals surface area contributed by atoms with Crippen LogP contribution in [-0.4, -0.2) is 27.6 Å². The average Bonchev–Trinajstić information content (AvgIpc) is 3.07. The first-order valence-corrected chi connectivity index (χ1v) is 8.19. The van der Waals surface area contributed by atoms with Crippen molar-refractivity contribution in [1.82, 2.24) is 15.0 Å². The van der Waals surface area contributed by atoms with Gasteiger partial charge in [-0.3, -0.25) is 0 Å². The number of carbonyl (C=O) groups excluding carboxylic acids is 1. The fourth-order valence-electron chi connectivity index (χ4n) is 2.31. The first-order valence-electron chi connectivity index (χ1n) is 7.31. The van der Waals surface area contributed by atoms with Crippen LogP contribution < -0.4 is 0 Å². The molecule has 1 atom stereocenters. The van der Waals surface area contributed by atoms with Gasteiger partial charge in [0.25, 0.3) is 0 Å². The van der Waals surface area contributed by atoms with E-state index in [2.05, 4.69) is 24.2 Å². The van der Waals surface area contributed by atoms with Crippen molar-refractivity contribution in [3.8, 4) is 10.6 Å². The van der Waals surface area contributed by atoms with Crippen LogP contribution in [0.3, 0.4) is 0 Å². The zero-order chi connectivity index (χ0) is 15.2. The molecule has 0 bridgehead atoms. The van der Waals surface area contributed by atoms with Gasteiger partial charge in [0.15, 0.2) is 5.69 Å². The van der Waals surface area contributed by atoms with Crippen LogP contribution in [0.5, 0.6) is 0 Å². The monoisotopic (exact) mass is 307 g/mol. The van der Waals surface area contributed by atoms with Crippen LogP contribution in [0, 0.1) is 5.92 Å². The first-order chi connectivity index (χ1) is 10.2. The first kappa shape index (κ1) is 15.7. The second-order valence-electron chi connectivity index (χ2n) is 5.06. The largest absolute Gasteiger partial charge is 0.461 e. The summed E-state index contributed by atoms with van der Waals surface area (Å²) in [6.45, 7) is 7.24. The lowest BCUT2D eigenvalue weighted by atomic mass is 10.1. The highest BCUT2D eigenvalue weighted by Gasteiger charge is 2.23. The maximum atomic E-state index is 12.1. The van der Waals surface area contributed by atoms with Gasteiger partial charge in [-0.25, -0.2) is 9.48 Å². The van der Waals surface area contributed by atoms with E-state index in [9.17, 15) is 4.79 Å². The van der Waals surface area contributed by atoms with Gasteiger partial charge in [0.2, 0.25) is 0 Å². The van der Waals surface area contributed by atoms with Crippen LogP contribution in [0.4, 0.5) is 0 Å². The second kappa shape index (κ2) is 7.36. The van der Waals surface area contributed by atoms with Crippen LogP contribution in [0.2, 0.25) is 0 Å². The fraction of sp³-hybridized carbons (Fsp3) is 0.533. The molecule has 0 aliphatic heterocycles. The van der Waals surface area contributed by atoms with Crippen molar-refractivity contribution in [3.63, 3.8) is 0 Å². The molecule has 0 spiro atoms. The molecule has 2 heterocycles. The van der Waals surface area contributed by atoms with E-state index in [1.807, 2.05) is 22.2 Å². The Morgan fingerprint density at radius 2 is 2.29 bits per heavy atom. The third-order valence-corrected chi connectivity index (χ3v) is 4.10. The van der Waals surface area contributed by atoms with Crippen molar-refractivity contribution in [2.24, 2.45) is 5.92 Å². The molecule has 2 rings (SSSR count). The number of aromatic nitrogens is 3. The summed E-state index contributed by atoms with van der Waals surface area (Å²) in [5.41, 5.74) is 1.08. The summed E-state index contributed by atoms with van der Waals surface area (Å²) >= 11 is 1.58. The molecule has 0 aromatic carbocycles. The lowest BCUT2D eigenvalue weighted by Crippen LogP contribution is -2.11. The maximum absolute atomic E-state index is 12.1. The Labute approximate surface area is 128 Å². The van der Waals surface area contributed by atoms with Crippen LogP contribution in [0.1, 0.15) is 44.1 Å². The van der Waals surface area contributed by atoms with Crippen molar-refractivity contribution in [2.75, 3.05) is 6.61 Å². The molecular weight excluding hydrogens is 286 g/mol. The van der Waals surface area contributed by atoms with Crippen molar-refractivity contribution >= 4 is 17.3 Å². The highest BCUT2D eigenvalue weighted by atomic mass is 32.1. The number of esters is 1. The lowest BCUT2D eigenvalue weighted by molar-refractivity contribution is 0.0520. The minimum absolute atomic E-state index is 0.308. The summed E-state index contributed by atoms with van der Waals surface area (Å²) in [7, 11) is 0. The Hall–Kier alpha value is -1.69. The van der Waals surface area contributed by atoms with Gasteiger partial charge in [0.05, 0.1) is 11.5 Å². The fourth-order valence-corrected chi connectivity index (χ4v) is 3.09. The summed E-state index contributed by atoms with van der Waals surface area (Å²) in [5.74, 6) is 0.0840. The normalized spacial score (nSPS) is 12.3. The SMILES string of the molecule is CCCC(C)Cn1nnc(C(=O)OCC)c1-c1cccs1. The molecule has 6 heteroatoms. The number of carbonyl (C=O) groups is 1. The Morgan fingerprint density at radius 1 is 1.48 bits per heavy atom. The van der Waals surface area contributed by atoms with Gasteiger partial charge in [0.1, 0.15) is 5.69 Å². The molecule has 0 amide bonds. The van der Waals surface area contributed by atoms with Gasteiger partial charge in [-0.15, -0.1) is 16.4 Å². The molecule has 0 saturated heterocycles. The number of thiophene rings is 1. The molecule has 0 N–H and O–H groups in total. The number of rotatable bonds is 7. The predicted octanol–water partition coefficient (Wildman–Crippen LogP) is 3.62. The van der Waals surface area contributed by atoms with Gasteiger partial charge in [0, 0.05) is 6.54 Å². The van der Waals surface area contributed by atoms with E-state index >= 15 is 0 Å².